The summed E-state index contributed by atoms with van der Waals surface area (Å²) >= 11 is 0. The number of aliphatic carboxylic acids is 1. The third kappa shape index (κ3) is 2.40. The number of aromatic nitrogens is 1. The van der Waals surface area contributed by atoms with Crippen LogP contribution in [-0.2, 0) is 4.79 Å². The van der Waals surface area contributed by atoms with Crippen molar-refractivity contribution in [3.8, 4) is 11.5 Å². The summed E-state index contributed by atoms with van der Waals surface area (Å²) in [5.41, 5.74) is 2.88. The van der Waals surface area contributed by atoms with Crippen LogP contribution in [0.25, 0.3) is 10.9 Å². The fourth-order valence-corrected chi connectivity index (χ4v) is 3.09. The summed E-state index contributed by atoms with van der Waals surface area (Å²) in [5.74, 6) is 0.274. The first-order chi connectivity index (χ1) is 11.2. The van der Waals surface area contributed by atoms with Gasteiger partial charge in [0.15, 0.2) is 11.5 Å². The Bertz CT molecular complexity index is 884. The number of carbonyl (C=O) groups is 1. The zero-order valence-electron chi connectivity index (χ0n) is 12.3. The lowest BCUT2D eigenvalue weighted by Crippen LogP contribution is -2.07. The van der Waals surface area contributed by atoms with E-state index in [1.807, 2.05) is 48.7 Å². The smallest absolute Gasteiger partial charge is 0.304 e. The van der Waals surface area contributed by atoms with E-state index in [1.165, 1.54) is 0 Å². The molecule has 0 amide bonds. The highest BCUT2D eigenvalue weighted by atomic mass is 16.7. The molecule has 1 aromatic heterocycles. The minimum absolute atomic E-state index is 0.0154. The molecule has 0 saturated carbocycles. The Morgan fingerprint density at radius 2 is 2.00 bits per heavy atom. The van der Waals surface area contributed by atoms with Gasteiger partial charge in [-0.15, -0.1) is 0 Å². The van der Waals surface area contributed by atoms with Crippen LogP contribution in [0.1, 0.15) is 23.5 Å². The van der Waals surface area contributed by atoms with Crippen molar-refractivity contribution in [2.24, 2.45) is 0 Å². The largest absolute Gasteiger partial charge is 0.481 e. The third-order valence-corrected chi connectivity index (χ3v) is 4.17. The van der Waals surface area contributed by atoms with Gasteiger partial charge >= 0.3 is 5.97 Å². The van der Waals surface area contributed by atoms with Crippen LogP contribution in [0, 0.1) is 0 Å². The molecule has 4 rings (SSSR count). The molecule has 5 nitrogen and oxygen atoms in total. The Hall–Kier alpha value is -2.95. The van der Waals surface area contributed by atoms with Gasteiger partial charge in [-0.2, -0.15) is 0 Å². The van der Waals surface area contributed by atoms with Gasteiger partial charge in [0.25, 0.3) is 0 Å². The highest BCUT2D eigenvalue weighted by molar-refractivity contribution is 5.85. The topological polar surface area (TPSA) is 71.6 Å². The lowest BCUT2D eigenvalue weighted by molar-refractivity contribution is -0.137. The fraction of sp³-hybridized carbons (Fsp3) is 0.167. The minimum atomic E-state index is -0.835. The van der Waals surface area contributed by atoms with Crippen molar-refractivity contribution in [2.45, 2.75) is 12.3 Å². The molecule has 116 valence electrons. The highest BCUT2D eigenvalue weighted by Crippen LogP contribution is 2.39. The van der Waals surface area contributed by atoms with Crippen molar-refractivity contribution < 1.29 is 19.4 Å². The van der Waals surface area contributed by atoms with Crippen LogP contribution < -0.4 is 9.47 Å². The molecule has 23 heavy (non-hydrogen) atoms. The van der Waals surface area contributed by atoms with E-state index in [0.717, 1.165) is 22.0 Å². The maximum absolute atomic E-state index is 11.4. The Morgan fingerprint density at radius 1 is 1.17 bits per heavy atom. The van der Waals surface area contributed by atoms with E-state index in [2.05, 4.69) is 4.98 Å². The van der Waals surface area contributed by atoms with Crippen LogP contribution in [-0.4, -0.2) is 22.9 Å². The molecule has 1 atom stereocenters. The van der Waals surface area contributed by atoms with Gasteiger partial charge in [0.1, 0.15) is 0 Å². The number of nitrogens with one attached hydrogen (secondary N) is 1. The number of aromatic amines is 1. The third-order valence-electron chi connectivity index (χ3n) is 4.17. The molecule has 2 heterocycles. The predicted octanol–water partition coefficient (Wildman–Crippen LogP) is 3.50. The zero-order valence-corrected chi connectivity index (χ0v) is 12.3. The van der Waals surface area contributed by atoms with Gasteiger partial charge in [0.05, 0.1) is 6.42 Å². The van der Waals surface area contributed by atoms with E-state index >= 15 is 0 Å². The SMILES string of the molecule is O=C(O)CC(c1ccc2c(c1)OCO2)c1c[nH]c2ccccc12. The monoisotopic (exact) mass is 309 g/mol. The summed E-state index contributed by atoms with van der Waals surface area (Å²) in [7, 11) is 0. The van der Waals surface area contributed by atoms with Crippen LogP contribution in [0.2, 0.25) is 0 Å². The number of para-hydroxylation sites is 1. The average molecular weight is 309 g/mol. The molecule has 0 radical (unpaired) electrons. The predicted molar refractivity (Wildman–Crippen MR) is 85.0 cm³/mol. The Kier molecular flexibility index (Phi) is 3.19. The molecule has 1 aliphatic heterocycles. The minimum Gasteiger partial charge on any atom is -0.481 e. The molecule has 3 aromatic rings. The zero-order chi connectivity index (χ0) is 15.8. The molecule has 2 N–H and O–H groups in total. The second-order valence-corrected chi connectivity index (χ2v) is 5.55. The van der Waals surface area contributed by atoms with Crippen molar-refractivity contribution in [3.63, 3.8) is 0 Å². The average Bonchev–Trinajstić information content (AvgIpc) is 3.18. The van der Waals surface area contributed by atoms with Gasteiger partial charge in [-0.1, -0.05) is 24.3 Å². The molecule has 0 saturated heterocycles. The summed E-state index contributed by atoms with van der Waals surface area (Å²) in [6, 6.07) is 13.5. The fourth-order valence-electron chi connectivity index (χ4n) is 3.09. The van der Waals surface area contributed by atoms with Crippen molar-refractivity contribution in [1.29, 1.82) is 0 Å². The van der Waals surface area contributed by atoms with Gasteiger partial charge < -0.3 is 19.6 Å². The van der Waals surface area contributed by atoms with Crippen molar-refractivity contribution in [2.75, 3.05) is 6.79 Å². The first-order valence-corrected chi connectivity index (χ1v) is 7.40. The Balaban J connectivity index is 1.83. The van der Waals surface area contributed by atoms with Crippen molar-refractivity contribution in [1.82, 2.24) is 4.98 Å². The number of H-pyrrole nitrogens is 1. The summed E-state index contributed by atoms with van der Waals surface area (Å²) in [6.07, 6.45) is 1.91. The van der Waals surface area contributed by atoms with E-state index in [4.69, 9.17) is 9.47 Å². The number of carboxylic acids is 1. The second-order valence-electron chi connectivity index (χ2n) is 5.55. The molecular weight excluding hydrogens is 294 g/mol. The van der Waals surface area contributed by atoms with E-state index in [0.29, 0.717) is 11.5 Å². The first-order valence-electron chi connectivity index (χ1n) is 7.40. The number of carboxylic acid groups (broad SMARTS) is 1. The molecule has 2 aromatic carbocycles. The van der Waals surface area contributed by atoms with E-state index in [9.17, 15) is 9.90 Å². The van der Waals surface area contributed by atoms with Gasteiger partial charge in [0, 0.05) is 23.0 Å². The quantitative estimate of drug-likeness (QED) is 0.773. The number of hydrogen-bond donors (Lipinski definition) is 2. The molecule has 1 unspecified atom stereocenters. The van der Waals surface area contributed by atoms with Crippen LogP contribution in [0.5, 0.6) is 11.5 Å². The standard InChI is InChI=1S/C18H15NO4/c20-18(21)8-13(11-5-6-16-17(7-11)23-10-22-16)14-9-19-15-4-2-1-3-12(14)15/h1-7,9,13,19H,8,10H2,(H,20,21). The molecule has 1 aliphatic rings. The molecule has 0 fully saturated rings. The van der Waals surface area contributed by atoms with Gasteiger partial charge in [-0.25, -0.2) is 0 Å². The number of hydrogen-bond acceptors (Lipinski definition) is 3. The molecule has 0 bridgehead atoms. The summed E-state index contributed by atoms with van der Waals surface area (Å²) in [4.78, 5) is 14.6. The lowest BCUT2D eigenvalue weighted by atomic mass is 9.88. The molecule has 0 aliphatic carbocycles. The molecule has 0 spiro atoms. The first kappa shape index (κ1) is 13.7. The van der Waals surface area contributed by atoms with Crippen LogP contribution in [0.15, 0.2) is 48.7 Å². The highest BCUT2D eigenvalue weighted by Gasteiger charge is 2.23. The number of fused-ring (bicyclic) bond motifs is 2. The number of benzene rings is 2. The Labute approximate surface area is 132 Å². The summed E-state index contributed by atoms with van der Waals surface area (Å²) in [6.45, 7) is 0.204. The normalized spacial score (nSPS) is 14.1. The lowest BCUT2D eigenvalue weighted by Gasteiger charge is -2.15. The van der Waals surface area contributed by atoms with Gasteiger partial charge in [-0.05, 0) is 29.3 Å². The van der Waals surface area contributed by atoms with Crippen LogP contribution >= 0.6 is 0 Å². The molecular formula is C18H15NO4. The summed E-state index contributed by atoms with van der Waals surface area (Å²) in [5, 5.41) is 10.4. The van der Waals surface area contributed by atoms with Crippen LogP contribution in [0.3, 0.4) is 0 Å². The van der Waals surface area contributed by atoms with E-state index in [-0.39, 0.29) is 19.1 Å². The maximum Gasteiger partial charge on any atom is 0.304 e. The Morgan fingerprint density at radius 3 is 2.87 bits per heavy atom. The number of rotatable bonds is 4. The van der Waals surface area contributed by atoms with Crippen molar-refractivity contribution >= 4 is 16.9 Å². The second kappa shape index (κ2) is 5.35. The van der Waals surface area contributed by atoms with Gasteiger partial charge in [-0.3, -0.25) is 4.79 Å². The summed E-state index contributed by atoms with van der Waals surface area (Å²) < 4.78 is 10.8. The maximum atomic E-state index is 11.4. The van der Waals surface area contributed by atoms with Crippen LogP contribution in [0.4, 0.5) is 0 Å². The molecule has 5 heteroatoms. The van der Waals surface area contributed by atoms with Crippen molar-refractivity contribution in [3.05, 3.63) is 59.8 Å². The van der Waals surface area contributed by atoms with E-state index in [1.54, 1.807) is 0 Å². The van der Waals surface area contributed by atoms with Gasteiger partial charge in [0.2, 0.25) is 6.79 Å². The number of ether oxygens (including phenoxy) is 2. The van der Waals surface area contributed by atoms with E-state index < -0.39 is 5.97 Å².